The Labute approximate surface area is 182 Å². The number of ether oxygens (including phenoxy) is 1. The Balaban J connectivity index is 1.69. The van der Waals surface area contributed by atoms with Crippen LogP contribution in [0, 0.1) is 6.92 Å². The summed E-state index contributed by atoms with van der Waals surface area (Å²) in [5, 5.41) is 3.92. The van der Waals surface area contributed by atoms with Gasteiger partial charge in [0.2, 0.25) is 11.8 Å². The van der Waals surface area contributed by atoms with Crippen LogP contribution in [-0.4, -0.2) is 24.3 Å². The number of rotatable bonds is 7. The van der Waals surface area contributed by atoms with E-state index in [1.54, 1.807) is 31.2 Å². The second-order valence-electron chi connectivity index (χ2n) is 5.92. The van der Waals surface area contributed by atoms with Gasteiger partial charge >= 0.3 is 0 Å². The van der Waals surface area contributed by atoms with E-state index in [2.05, 4.69) is 16.2 Å². The molecule has 0 aliphatic rings. The minimum Gasteiger partial charge on any atom is -0.482 e. The summed E-state index contributed by atoms with van der Waals surface area (Å²) in [7, 11) is 0. The molecule has 154 valence electrons. The lowest BCUT2D eigenvalue weighted by Gasteiger charge is -2.11. The maximum absolute atomic E-state index is 12.0. The van der Waals surface area contributed by atoms with Crippen LogP contribution >= 0.6 is 34.8 Å². The van der Waals surface area contributed by atoms with Crippen LogP contribution < -0.4 is 20.9 Å². The summed E-state index contributed by atoms with van der Waals surface area (Å²) >= 11 is 17.7. The third-order valence-corrected chi connectivity index (χ3v) is 4.65. The van der Waals surface area contributed by atoms with Crippen molar-refractivity contribution in [1.82, 2.24) is 10.9 Å². The monoisotopic (exact) mass is 457 g/mol. The number of benzene rings is 2. The van der Waals surface area contributed by atoms with Crippen LogP contribution in [0.3, 0.4) is 0 Å². The molecule has 0 aliphatic carbocycles. The number of anilines is 1. The molecule has 7 nitrogen and oxygen atoms in total. The second kappa shape index (κ2) is 10.9. The Bertz CT molecular complexity index is 922. The normalized spacial score (nSPS) is 10.2. The highest BCUT2D eigenvalue weighted by Gasteiger charge is 2.11. The number of carbonyl (C=O) groups is 3. The van der Waals surface area contributed by atoms with Crippen LogP contribution in [0.1, 0.15) is 18.4 Å². The molecule has 0 aromatic heterocycles. The van der Waals surface area contributed by atoms with Crippen LogP contribution in [-0.2, 0) is 14.4 Å². The minimum absolute atomic E-state index is 0.0649. The SMILES string of the molecule is Cc1c(Cl)cccc1NC(=O)CCC(=O)NNC(=O)COc1ccc(Cl)cc1Cl. The number of halogens is 3. The number of amides is 3. The Morgan fingerprint density at radius 2 is 1.59 bits per heavy atom. The average molecular weight is 459 g/mol. The van der Waals surface area contributed by atoms with Gasteiger partial charge in [0.15, 0.2) is 6.61 Å². The number of hydrazine groups is 1. The van der Waals surface area contributed by atoms with Crippen LogP contribution in [0.2, 0.25) is 15.1 Å². The van der Waals surface area contributed by atoms with E-state index in [0.717, 1.165) is 5.56 Å². The summed E-state index contributed by atoms with van der Waals surface area (Å²) in [6, 6.07) is 9.72. The molecule has 3 N–H and O–H groups in total. The lowest BCUT2D eigenvalue weighted by molar-refractivity contribution is -0.130. The van der Waals surface area contributed by atoms with Crippen molar-refractivity contribution in [3.63, 3.8) is 0 Å². The van der Waals surface area contributed by atoms with E-state index in [9.17, 15) is 14.4 Å². The second-order valence-corrected chi connectivity index (χ2v) is 7.17. The van der Waals surface area contributed by atoms with Crippen molar-refractivity contribution < 1.29 is 19.1 Å². The summed E-state index contributed by atoms with van der Waals surface area (Å²) in [4.78, 5) is 35.5. The van der Waals surface area contributed by atoms with Gasteiger partial charge in [-0.15, -0.1) is 0 Å². The van der Waals surface area contributed by atoms with Gasteiger partial charge in [0.25, 0.3) is 5.91 Å². The first kappa shape index (κ1) is 22.8. The third kappa shape index (κ3) is 7.45. The molecular formula is C19H18Cl3N3O4. The molecule has 29 heavy (non-hydrogen) atoms. The average Bonchev–Trinajstić information content (AvgIpc) is 2.67. The zero-order valence-electron chi connectivity index (χ0n) is 15.4. The zero-order valence-corrected chi connectivity index (χ0v) is 17.6. The van der Waals surface area contributed by atoms with Crippen LogP contribution in [0.4, 0.5) is 5.69 Å². The Morgan fingerprint density at radius 1 is 0.897 bits per heavy atom. The van der Waals surface area contributed by atoms with E-state index in [1.807, 2.05) is 0 Å². The molecule has 0 aliphatic heterocycles. The fourth-order valence-corrected chi connectivity index (χ4v) is 2.79. The van der Waals surface area contributed by atoms with Gasteiger partial charge in [-0.2, -0.15) is 0 Å². The molecule has 2 aromatic carbocycles. The van der Waals surface area contributed by atoms with Gasteiger partial charge in [-0.05, 0) is 42.8 Å². The van der Waals surface area contributed by atoms with Gasteiger partial charge in [-0.25, -0.2) is 0 Å². The van der Waals surface area contributed by atoms with E-state index >= 15 is 0 Å². The molecule has 0 unspecified atom stereocenters. The molecule has 0 radical (unpaired) electrons. The van der Waals surface area contributed by atoms with Crippen molar-refractivity contribution in [2.45, 2.75) is 19.8 Å². The number of nitrogens with one attached hydrogen (secondary N) is 3. The van der Waals surface area contributed by atoms with Gasteiger partial charge in [0, 0.05) is 28.6 Å². The van der Waals surface area contributed by atoms with E-state index < -0.39 is 11.8 Å². The first-order valence-electron chi connectivity index (χ1n) is 8.46. The highest BCUT2D eigenvalue weighted by molar-refractivity contribution is 6.35. The molecule has 0 bridgehead atoms. The van der Waals surface area contributed by atoms with Crippen LogP contribution in [0.15, 0.2) is 36.4 Å². The van der Waals surface area contributed by atoms with Crippen LogP contribution in [0.5, 0.6) is 5.75 Å². The van der Waals surface area contributed by atoms with Crippen molar-refractivity contribution in [3.05, 3.63) is 57.0 Å². The summed E-state index contributed by atoms with van der Waals surface area (Å²) in [6.45, 7) is 1.41. The number of carbonyl (C=O) groups excluding carboxylic acids is 3. The predicted molar refractivity (Wildman–Crippen MR) is 112 cm³/mol. The van der Waals surface area contributed by atoms with E-state index in [1.165, 1.54) is 12.1 Å². The predicted octanol–water partition coefficient (Wildman–Crippen LogP) is 3.90. The van der Waals surface area contributed by atoms with Gasteiger partial charge in [0.1, 0.15) is 5.75 Å². The Morgan fingerprint density at radius 3 is 2.31 bits per heavy atom. The van der Waals surface area contributed by atoms with E-state index in [4.69, 9.17) is 39.5 Å². The summed E-state index contributed by atoms with van der Waals surface area (Å²) in [6.07, 6.45) is -0.180. The molecule has 0 atom stereocenters. The van der Waals surface area contributed by atoms with Crippen molar-refractivity contribution >= 4 is 58.2 Å². The van der Waals surface area contributed by atoms with E-state index in [0.29, 0.717) is 15.7 Å². The fraction of sp³-hybridized carbons (Fsp3) is 0.211. The minimum atomic E-state index is -0.594. The fourth-order valence-electron chi connectivity index (χ4n) is 2.16. The topological polar surface area (TPSA) is 96.5 Å². The third-order valence-electron chi connectivity index (χ3n) is 3.71. The molecule has 2 aromatic rings. The molecule has 10 heteroatoms. The van der Waals surface area contributed by atoms with Crippen LogP contribution in [0.25, 0.3) is 0 Å². The van der Waals surface area contributed by atoms with E-state index in [-0.39, 0.29) is 36.1 Å². The standard InChI is InChI=1S/C19H18Cl3N3O4/c1-11-13(21)3-2-4-15(11)23-17(26)7-8-18(27)24-25-19(28)10-29-16-6-5-12(20)9-14(16)22/h2-6,9H,7-8,10H2,1H3,(H,23,26)(H,24,27)(H,25,28). The van der Waals surface area contributed by atoms with Gasteiger partial charge in [0.05, 0.1) is 5.02 Å². The quantitative estimate of drug-likeness (QED) is 0.548. The Hall–Kier alpha value is -2.48. The highest BCUT2D eigenvalue weighted by Crippen LogP contribution is 2.27. The number of hydrogen-bond donors (Lipinski definition) is 3. The summed E-state index contributed by atoms with van der Waals surface area (Å²) in [5.74, 6) is -1.19. The molecule has 0 saturated heterocycles. The lowest BCUT2D eigenvalue weighted by Crippen LogP contribution is -2.44. The molecule has 3 amide bonds. The molecule has 2 rings (SSSR count). The smallest absolute Gasteiger partial charge is 0.276 e. The zero-order chi connectivity index (χ0) is 21.4. The lowest BCUT2D eigenvalue weighted by atomic mass is 10.2. The van der Waals surface area contributed by atoms with Crippen molar-refractivity contribution in [2.24, 2.45) is 0 Å². The molecule has 0 fully saturated rings. The van der Waals surface area contributed by atoms with Gasteiger partial charge in [-0.3, -0.25) is 25.2 Å². The Kier molecular flexibility index (Phi) is 8.57. The molecule has 0 saturated carbocycles. The highest BCUT2D eigenvalue weighted by atomic mass is 35.5. The molecule has 0 spiro atoms. The van der Waals surface area contributed by atoms with Gasteiger partial charge < -0.3 is 10.1 Å². The largest absolute Gasteiger partial charge is 0.482 e. The summed E-state index contributed by atoms with van der Waals surface area (Å²) in [5.41, 5.74) is 5.71. The van der Waals surface area contributed by atoms with Gasteiger partial charge in [-0.1, -0.05) is 40.9 Å². The van der Waals surface area contributed by atoms with Crippen molar-refractivity contribution in [1.29, 1.82) is 0 Å². The number of hydrogen-bond acceptors (Lipinski definition) is 4. The maximum Gasteiger partial charge on any atom is 0.276 e. The summed E-state index contributed by atoms with van der Waals surface area (Å²) < 4.78 is 5.24. The molecule has 0 heterocycles. The first-order valence-corrected chi connectivity index (χ1v) is 9.60. The molecular weight excluding hydrogens is 441 g/mol. The first-order chi connectivity index (χ1) is 13.8. The maximum atomic E-state index is 12.0. The van der Waals surface area contributed by atoms with Crippen molar-refractivity contribution in [3.8, 4) is 5.75 Å². The van der Waals surface area contributed by atoms with Crippen molar-refractivity contribution in [2.75, 3.05) is 11.9 Å².